The summed E-state index contributed by atoms with van der Waals surface area (Å²) in [5, 5.41) is 12.8. The van der Waals surface area contributed by atoms with Gasteiger partial charge in [0, 0.05) is 12.6 Å². The average Bonchev–Trinajstić information content (AvgIpc) is 2.58. The zero-order valence-electron chi connectivity index (χ0n) is 13.1. The van der Waals surface area contributed by atoms with E-state index in [1.807, 2.05) is 6.07 Å². The van der Waals surface area contributed by atoms with Crippen molar-refractivity contribution >= 4 is 5.91 Å². The van der Waals surface area contributed by atoms with E-state index >= 15 is 0 Å². The van der Waals surface area contributed by atoms with E-state index in [-0.39, 0.29) is 12.5 Å². The number of nitrogens with one attached hydrogen (secondary N) is 1. The van der Waals surface area contributed by atoms with E-state index in [1.54, 1.807) is 25.3 Å². The van der Waals surface area contributed by atoms with Gasteiger partial charge in [-0.2, -0.15) is 0 Å². The van der Waals surface area contributed by atoms with Gasteiger partial charge in [0.15, 0.2) is 6.61 Å². The molecule has 1 aromatic rings. The summed E-state index contributed by atoms with van der Waals surface area (Å²) in [5.41, 5.74) is 0. The molecule has 122 valence electrons. The van der Waals surface area contributed by atoms with Gasteiger partial charge in [-0.15, -0.1) is 0 Å². The molecule has 0 aliphatic heterocycles. The molecule has 1 amide bonds. The van der Waals surface area contributed by atoms with Crippen LogP contribution in [-0.2, 0) is 4.79 Å². The average molecular weight is 307 g/mol. The number of aliphatic hydroxyl groups is 1. The second-order valence-electron chi connectivity index (χ2n) is 5.74. The number of aliphatic hydroxyl groups excluding tert-OH is 1. The minimum absolute atomic E-state index is 0.0649. The van der Waals surface area contributed by atoms with E-state index in [0.717, 1.165) is 12.8 Å². The number of carbonyl (C=O) groups excluding carboxylic acids is 1. The molecule has 2 rings (SSSR count). The standard InChI is InChI=1S/C17H25NO4/c1-21-14-8-5-9-15(10-14)22-12-17(20)18-11-16(19)13-6-3-2-4-7-13/h5,8-10,13,16,19H,2-4,6-7,11-12H2,1H3,(H,18,20)/t16-/m1/s1. The number of hydrogen-bond donors (Lipinski definition) is 2. The van der Waals surface area contributed by atoms with Gasteiger partial charge in [0.25, 0.3) is 5.91 Å². The Kier molecular flexibility index (Phi) is 6.52. The van der Waals surface area contributed by atoms with Gasteiger partial charge in [-0.05, 0) is 30.9 Å². The maximum atomic E-state index is 11.8. The Labute approximate surface area is 131 Å². The Morgan fingerprint density at radius 2 is 2.05 bits per heavy atom. The van der Waals surface area contributed by atoms with Crippen molar-refractivity contribution in [3.63, 3.8) is 0 Å². The van der Waals surface area contributed by atoms with Crippen molar-refractivity contribution in [1.29, 1.82) is 0 Å². The molecule has 0 aromatic heterocycles. The summed E-state index contributed by atoms with van der Waals surface area (Å²) >= 11 is 0. The summed E-state index contributed by atoms with van der Waals surface area (Å²) in [7, 11) is 1.58. The third kappa shape index (κ3) is 5.22. The van der Waals surface area contributed by atoms with Crippen LogP contribution in [0.2, 0.25) is 0 Å². The normalized spacial score (nSPS) is 16.8. The van der Waals surface area contributed by atoms with Crippen molar-refractivity contribution in [2.24, 2.45) is 5.92 Å². The zero-order chi connectivity index (χ0) is 15.8. The number of rotatable bonds is 7. The van der Waals surface area contributed by atoms with E-state index in [9.17, 15) is 9.90 Å². The van der Waals surface area contributed by atoms with Crippen LogP contribution in [0.4, 0.5) is 0 Å². The highest BCUT2D eigenvalue weighted by Crippen LogP contribution is 2.26. The molecule has 0 heterocycles. The molecule has 0 bridgehead atoms. The lowest BCUT2D eigenvalue weighted by molar-refractivity contribution is -0.123. The number of hydrogen-bond acceptors (Lipinski definition) is 4. The molecular formula is C17H25NO4. The molecule has 5 heteroatoms. The Morgan fingerprint density at radius 1 is 1.32 bits per heavy atom. The van der Waals surface area contributed by atoms with E-state index in [0.29, 0.717) is 24.0 Å². The second kappa shape index (κ2) is 8.63. The minimum atomic E-state index is -0.457. The number of benzene rings is 1. The second-order valence-corrected chi connectivity index (χ2v) is 5.74. The summed E-state index contributed by atoms with van der Waals surface area (Å²) in [6.07, 6.45) is 5.25. The van der Waals surface area contributed by atoms with Crippen LogP contribution in [-0.4, -0.2) is 37.4 Å². The molecule has 1 fully saturated rings. The molecule has 22 heavy (non-hydrogen) atoms. The topological polar surface area (TPSA) is 67.8 Å². The van der Waals surface area contributed by atoms with Crippen molar-refractivity contribution in [2.45, 2.75) is 38.2 Å². The molecule has 2 N–H and O–H groups in total. The smallest absolute Gasteiger partial charge is 0.258 e. The van der Waals surface area contributed by atoms with Gasteiger partial charge in [-0.3, -0.25) is 4.79 Å². The van der Waals surface area contributed by atoms with Crippen LogP contribution in [0.15, 0.2) is 24.3 Å². The number of amides is 1. The van der Waals surface area contributed by atoms with Crippen molar-refractivity contribution in [2.75, 3.05) is 20.3 Å². The number of methoxy groups -OCH3 is 1. The van der Waals surface area contributed by atoms with Crippen molar-refractivity contribution in [1.82, 2.24) is 5.32 Å². The maximum absolute atomic E-state index is 11.8. The predicted octanol–water partition coefficient (Wildman–Crippen LogP) is 2.13. The summed E-state index contributed by atoms with van der Waals surface area (Å²) in [4.78, 5) is 11.8. The first-order valence-corrected chi connectivity index (χ1v) is 7.90. The fourth-order valence-electron chi connectivity index (χ4n) is 2.79. The Hall–Kier alpha value is -1.75. The van der Waals surface area contributed by atoms with Gasteiger partial charge in [-0.25, -0.2) is 0 Å². The first-order chi connectivity index (χ1) is 10.7. The Balaban J connectivity index is 1.68. The summed E-state index contributed by atoms with van der Waals surface area (Å²) in [6.45, 7) is 0.232. The highest BCUT2D eigenvalue weighted by molar-refractivity contribution is 5.77. The van der Waals surface area contributed by atoms with Gasteiger partial charge < -0.3 is 19.9 Å². The highest BCUT2D eigenvalue weighted by atomic mass is 16.5. The quantitative estimate of drug-likeness (QED) is 0.810. The van der Waals surface area contributed by atoms with Crippen LogP contribution in [0.3, 0.4) is 0 Å². The predicted molar refractivity (Wildman–Crippen MR) is 84.1 cm³/mol. The van der Waals surface area contributed by atoms with Gasteiger partial charge >= 0.3 is 0 Å². The molecule has 1 aromatic carbocycles. The van der Waals surface area contributed by atoms with Gasteiger partial charge in [-0.1, -0.05) is 25.3 Å². The first kappa shape index (κ1) is 16.6. The van der Waals surface area contributed by atoms with Crippen LogP contribution >= 0.6 is 0 Å². The molecule has 0 radical (unpaired) electrons. The van der Waals surface area contributed by atoms with Gasteiger partial charge in [0.2, 0.25) is 0 Å². The van der Waals surface area contributed by atoms with Crippen LogP contribution in [0.1, 0.15) is 32.1 Å². The third-order valence-electron chi connectivity index (χ3n) is 4.11. The van der Waals surface area contributed by atoms with E-state index in [4.69, 9.17) is 9.47 Å². The lowest BCUT2D eigenvalue weighted by Crippen LogP contribution is -2.39. The first-order valence-electron chi connectivity index (χ1n) is 7.90. The fraction of sp³-hybridized carbons (Fsp3) is 0.588. The molecule has 1 atom stereocenters. The Morgan fingerprint density at radius 3 is 2.77 bits per heavy atom. The molecule has 0 spiro atoms. The monoisotopic (exact) mass is 307 g/mol. The maximum Gasteiger partial charge on any atom is 0.258 e. The SMILES string of the molecule is COc1cccc(OCC(=O)NC[C@@H](O)C2CCCCC2)c1. The molecule has 5 nitrogen and oxygen atoms in total. The minimum Gasteiger partial charge on any atom is -0.497 e. The van der Waals surface area contributed by atoms with Crippen molar-refractivity contribution in [3.8, 4) is 11.5 Å². The van der Waals surface area contributed by atoms with Crippen LogP contribution in [0.5, 0.6) is 11.5 Å². The molecule has 0 saturated heterocycles. The van der Waals surface area contributed by atoms with E-state index < -0.39 is 6.10 Å². The highest BCUT2D eigenvalue weighted by Gasteiger charge is 2.21. The summed E-state index contributed by atoms with van der Waals surface area (Å²) in [5.74, 6) is 1.36. The van der Waals surface area contributed by atoms with Crippen LogP contribution < -0.4 is 14.8 Å². The van der Waals surface area contributed by atoms with Crippen LogP contribution in [0, 0.1) is 5.92 Å². The lowest BCUT2D eigenvalue weighted by Gasteiger charge is -2.26. The third-order valence-corrected chi connectivity index (χ3v) is 4.11. The van der Waals surface area contributed by atoms with Crippen molar-refractivity contribution < 1.29 is 19.4 Å². The molecule has 0 unspecified atom stereocenters. The zero-order valence-corrected chi connectivity index (χ0v) is 13.1. The molecular weight excluding hydrogens is 282 g/mol. The number of carbonyl (C=O) groups is 1. The van der Waals surface area contributed by atoms with E-state index in [2.05, 4.69) is 5.32 Å². The number of ether oxygens (including phenoxy) is 2. The van der Waals surface area contributed by atoms with Gasteiger partial charge in [0.05, 0.1) is 13.2 Å². The molecule has 1 saturated carbocycles. The van der Waals surface area contributed by atoms with Crippen molar-refractivity contribution in [3.05, 3.63) is 24.3 Å². The largest absolute Gasteiger partial charge is 0.497 e. The lowest BCUT2D eigenvalue weighted by atomic mass is 9.85. The Bertz CT molecular complexity index is 471. The van der Waals surface area contributed by atoms with Gasteiger partial charge in [0.1, 0.15) is 11.5 Å². The molecule has 1 aliphatic rings. The van der Waals surface area contributed by atoms with Crippen LogP contribution in [0.25, 0.3) is 0 Å². The molecule has 1 aliphatic carbocycles. The summed E-state index contributed by atoms with van der Waals surface area (Å²) in [6, 6.07) is 7.11. The van der Waals surface area contributed by atoms with E-state index in [1.165, 1.54) is 19.3 Å². The fourth-order valence-corrected chi connectivity index (χ4v) is 2.79. The summed E-state index contributed by atoms with van der Waals surface area (Å²) < 4.78 is 10.5.